The molecule has 0 spiro atoms. The monoisotopic (exact) mass is 272 g/mol. The zero-order valence-electron chi connectivity index (χ0n) is 10.8. The average Bonchev–Trinajstić information content (AvgIpc) is 2.39. The minimum absolute atomic E-state index is 0.241. The van der Waals surface area contributed by atoms with E-state index in [1.54, 1.807) is 12.1 Å². The maximum atomic E-state index is 11.5. The lowest BCUT2D eigenvalue weighted by Crippen LogP contribution is -2.18. The molecule has 0 aliphatic rings. The van der Waals surface area contributed by atoms with Crippen molar-refractivity contribution in [3.63, 3.8) is 0 Å². The van der Waals surface area contributed by atoms with Crippen molar-refractivity contribution in [1.29, 1.82) is 0 Å². The Labute approximate surface area is 109 Å². The van der Waals surface area contributed by atoms with Crippen LogP contribution in [0, 0.1) is 0 Å². The van der Waals surface area contributed by atoms with Gasteiger partial charge in [-0.15, -0.1) is 0 Å². The second-order valence-corrected chi connectivity index (χ2v) is 5.62. The van der Waals surface area contributed by atoms with Gasteiger partial charge in [-0.1, -0.05) is 6.92 Å². The van der Waals surface area contributed by atoms with Crippen LogP contribution >= 0.6 is 0 Å². The number of rotatable bonds is 8. The first-order chi connectivity index (χ1) is 8.60. The third-order valence-electron chi connectivity index (χ3n) is 2.42. The van der Waals surface area contributed by atoms with Gasteiger partial charge >= 0.3 is 0 Å². The molecule has 1 aromatic rings. The molecular weight excluding hydrogens is 252 g/mol. The molecule has 0 bridgehead atoms. The Hall–Kier alpha value is -1.11. The van der Waals surface area contributed by atoms with Gasteiger partial charge in [0.1, 0.15) is 5.75 Å². The molecule has 0 saturated carbocycles. The Bertz CT molecular complexity index is 443. The Morgan fingerprint density at radius 2 is 1.89 bits per heavy atom. The van der Waals surface area contributed by atoms with Gasteiger partial charge in [-0.05, 0) is 50.8 Å². The number of nitrogens with one attached hydrogen (secondary N) is 2. The third kappa shape index (κ3) is 4.64. The number of benzene rings is 1. The predicted octanol–water partition coefficient (Wildman–Crippen LogP) is 0.973. The van der Waals surface area contributed by atoms with Crippen LogP contribution in [0.2, 0.25) is 0 Å². The summed E-state index contributed by atoms with van der Waals surface area (Å²) < 4.78 is 30.7. The fourth-order valence-corrected chi connectivity index (χ4v) is 2.13. The highest BCUT2D eigenvalue weighted by Crippen LogP contribution is 2.15. The fourth-order valence-electron chi connectivity index (χ4n) is 1.40. The van der Waals surface area contributed by atoms with Gasteiger partial charge in [0.2, 0.25) is 10.0 Å². The van der Waals surface area contributed by atoms with Gasteiger partial charge in [-0.25, -0.2) is 13.1 Å². The van der Waals surface area contributed by atoms with Crippen molar-refractivity contribution in [2.45, 2.75) is 18.2 Å². The molecule has 5 nitrogen and oxygen atoms in total. The van der Waals surface area contributed by atoms with Crippen LogP contribution < -0.4 is 14.8 Å². The number of ether oxygens (including phenoxy) is 1. The normalized spacial score (nSPS) is 11.4. The number of sulfonamides is 1. The van der Waals surface area contributed by atoms with E-state index in [0.717, 1.165) is 19.5 Å². The van der Waals surface area contributed by atoms with Gasteiger partial charge in [-0.2, -0.15) is 0 Å². The lowest BCUT2D eigenvalue weighted by Gasteiger charge is -2.07. The molecule has 0 heterocycles. The van der Waals surface area contributed by atoms with E-state index in [-0.39, 0.29) is 4.90 Å². The van der Waals surface area contributed by atoms with Crippen LogP contribution in [0.3, 0.4) is 0 Å². The van der Waals surface area contributed by atoms with E-state index in [2.05, 4.69) is 17.0 Å². The molecule has 102 valence electrons. The van der Waals surface area contributed by atoms with E-state index in [0.29, 0.717) is 12.4 Å². The molecule has 0 amide bonds. The molecule has 0 radical (unpaired) electrons. The van der Waals surface area contributed by atoms with Crippen molar-refractivity contribution in [2.24, 2.45) is 0 Å². The second-order valence-electron chi connectivity index (χ2n) is 3.73. The van der Waals surface area contributed by atoms with Gasteiger partial charge in [0.25, 0.3) is 0 Å². The first-order valence-corrected chi connectivity index (χ1v) is 7.45. The maximum absolute atomic E-state index is 11.5. The van der Waals surface area contributed by atoms with Gasteiger partial charge in [0.15, 0.2) is 0 Å². The molecule has 2 N–H and O–H groups in total. The van der Waals surface area contributed by atoms with Gasteiger partial charge in [0.05, 0.1) is 11.5 Å². The van der Waals surface area contributed by atoms with Gasteiger partial charge in [0, 0.05) is 0 Å². The van der Waals surface area contributed by atoms with E-state index in [4.69, 9.17) is 4.74 Å². The van der Waals surface area contributed by atoms with Crippen LogP contribution in [0.4, 0.5) is 0 Å². The van der Waals surface area contributed by atoms with Crippen molar-refractivity contribution in [1.82, 2.24) is 10.0 Å². The fraction of sp³-hybridized carbons (Fsp3) is 0.500. The van der Waals surface area contributed by atoms with Crippen LogP contribution in [0.25, 0.3) is 0 Å². The summed E-state index contributed by atoms with van der Waals surface area (Å²) in [7, 11) is -1.97. The van der Waals surface area contributed by atoms with E-state index in [1.807, 2.05) is 0 Å². The summed E-state index contributed by atoms with van der Waals surface area (Å²) in [6.07, 6.45) is 0.921. The Kier molecular flexibility index (Phi) is 6.11. The van der Waals surface area contributed by atoms with Gasteiger partial charge in [-0.3, -0.25) is 0 Å². The first-order valence-electron chi connectivity index (χ1n) is 5.97. The molecule has 0 unspecified atom stereocenters. The van der Waals surface area contributed by atoms with E-state index in [9.17, 15) is 8.42 Å². The largest absolute Gasteiger partial charge is 0.494 e. The van der Waals surface area contributed by atoms with Crippen molar-refractivity contribution in [3.8, 4) is 5.75 Å². The first kappa shape index (κ1) is 14.9. The molecule has 1 rings (SSSR count). The number of hydrogen-bond donors (Lipinski definition) is 2. The topological polar surface area (TPSA) is 67.4 Å². The molecule has 0 aromatic heterocycles. The van der Waals surface area contributed by atoms with Crippen LogP contribution in [0.15, 0.2) is 29.2 Å². The van der Waals surface area contributed by atoms with Crippen LogP contribution in [-0.4, -0.2) is 35.2 Å². The summed E-state index contributed by atoms with van der Waals surface area (Å²) in [6.45, 7) is 4.55. The SMILES string of the molecule is CCNCCCOc1ccc(S(=O)(=O)NC)cc1. The smallest absolute Gasteiger partial charge is 0.240 e. The van der Waals surface area contributed by atoms with Crippen molar-refractivity contribution >= 4 is 10.0 Å². The summed E-state index contributed by atoms with van der Waals surface area (Å²) >= 11 is 0. The minimum atomic E-state index is -3.36. The molecule has 0 aliphatic heterocycles. The summed E-state index contributed by atoms with van der Waals surface area (Å²) in [5, 5.41) is 3.20. The number of hydrogen-bond acceptors (Lipinski definition) is 4. The summed E-state index contributed by atoms with van der Waals surface area (Å²) in [4.78, 5) is 0.241. The lowest BCUT2D eigenvalue weighted by atomic mass is 10.3. The van der Waals surface area contributed by atoms with Crippen molar-refractivity contribution in [2.75, 3.05) is 26.7 Å². The van der Waals surface area contributed by atoms with Crippen LogP contribution in [-0.2, 0) is 10.0 Å². The lowest BCUT2D eigenvalue weighted by molar-refractivity contribution is 0.308. The zero-order chi connectivity index (χ0) is 13.4. The van der Waals surface area contributed by atoms with E-state index < -0.39 is 10.0 Å². The molecule has 0 fully saturated rings. The quantitative estimate of drug-likeness (QED) is 0.692. The Morgan fingerprint density at radius 3 is 2.44 bits per heavy atom. The highest BCUT2D eigenvalue weighted by molar-refractivity contribution is 7.89. The Balaban J connectivity index is 2.46. The van der Waals surface area contributed by atoms with E-state index in [1.165, 1.54) is 19.2 Å². The maximum Gasteiger partial charge on any atom is 0.240 e. The van der Waals surface area contributed by atoms with Crippen molar-refractivity contribution in [3.05, 3.63) is 24.3 Å². The summed E-state index contributed by atoms with van der Waals surface area (Å²) in [5.74, 6) is 0.682. The molecule has 0 atom stereocenters. The Morgan fingerprint density at radius 1 is 1.22 bits per heavy atom. The van der Waals surface area contributed by atoms with Crippen LogP contribution in [0.5, 0.6) is 5.75 Å². The molecule has 1 aromatic carbocycles. The predicted molar refractivity (Wildman–Crippen MR) is 71.3 cm³/mol. The zero-order valence-corrected chi connectivity index (χ0v) is 11.6. The van der Waals surface area contributed by atoms with Gasteiger partial charge < -0.3 is 10.1 Å². The average molecular weight is 272 g/mol. The minimum Gasteiger partial charge on any atom is -0.494 e. The summed E-state index contributed by atoms with van der Waals surface area (Å²) in [6, 6.07) is 6.39. The standard InChI is InChI=1S/C12H20N2O3S/c1-3-14-9-4-10-17-11-5-7-12(8-6-11)18(15,16)13-2/h5-8,13-14H,3-4,9-10H2,1-2H3. The second kappa shape index (κ2) is 7.35. The third-order valence-corrected chi connectivity index (χ3v) is 3.85. The van der Waals surface area contributed by atoms with E-state index >= 15 is 0 Å². The highest BCUT2D eigenvalue weighted by Gasteiger charge is 2.10. The molecule has 0 aliphatic carbocycles. The molecular formula is C12H20N2O3S. The van der Waals surface area contributed by atoms with Crippen LogP contribution in [0.1, 0.15) is 13.3 Å². The highest BCUT2D eigenvalue weighted by atomic mass is 32.2. The van der Waals surface area contributed by atoms with Crippen molar-refractivity contribution < 1.29 is 13.2 Å². The molecule has 6 heteroatoms. The molecule has 18 heavy (non-hydrogen) atoms. The summed E-state index contributed by atoms with van der Waals surface area (Å²) in [5.41, 5.74) is 0. The molecule has 0 saturated heterocycles.